The van der Waals surface area contributed by atoms with Gasteiger partial charge in [-0.3, -0.25) is 4.79 Å². The van der Waals surface area contributed by atoms with Crippen LogP contribution >= 0.6 is 35.0 Å². The second kappa shape index (κ2) is 10.6. The highest BCUT2D eigenvalue weighted by atomic mass is 35.5. The van der Waals surface area contributed by atoms with E-state index < -0.39 is 6.10 Å². The quantitative estimate of drug-likeness (QED) is 0.590. The number of hydrogen-bond acceptors (Lipinski definition) is 3. The topological polar surface area (TPSA) is 38.3 Å². The first kappa shape index (κ1) is 20.0. The zero-order valence-electron chi connectivity index (χ0n) is 14.0. The van der Waals surface area contributed by atoms with Gasteiger partial charge in [0.15, 0.2) is 6.10 Å². The summed E-state index contributed by atoms with van der Waals surface area (Å²) >= 11 is 13.6. The van der Waals surface area contributed by atoms with Crippen LogP contribution in [0.25, 0.3) is 0 Å². The van der Waals surface area contributed by atoms with E-state index in [0.717, 1.165) is 16.5 Å². The molecule has 0 spiro atoms. The Morgan fingerprint density at radius 2 is 1.92 bits per heavy atom. The van der Waals surface area contributed by atoms with Gasteiger partial charge in [0.2, 0.25) is 0 Å². The zero-order chi connectivity index (χ0) is 18.1. The average molecular weight is 398 g/mol. The summed E-state index contributed by atoms with van der Waals surface area (Å²) in [5, 5.41) is 4.26. The van der Waals surface area contributed by atoms with Gasteiger partial charge < -0.3 is 10.1 Å². The minimum absolute atomic E-state index is 0.102. The fourth-order valence-electron chi connectivity index (χ4n) is 2.16. The molecule has 1 atom stereocenters. The monoisotopic (exact) mass is 397 g/mol. The van der Waals surface area contributed by atoms with Crippen molar-refractivity contribution >= 4 is 40.9 Å². The van der Waals surface area contributed by atoms with Gasteiger partial charge in [0.05, 0.1) is 0 Å². The first-order valence-corrected chi connectivity index (χ1v) is 10.0. The second-order valence-corrected chi connectivity index (χ2v) is 7.42. The van der Waals surface area contributed by atoms with Crippen molar-refractivity contribution in [2.75, 3.05) is 12.3 Å². The molecule has 2 aromatic rings. The van der Waals surface area contributed by atoms with Gasteiger partial charge in [0, 0.05) is 28.1 Å². The predicted octanol–water partition coefficient (Wildman–Crippen LogP) is 5.20. The number of amides is 1. The molecule has 6 heteroatoms. The minimum atomic E-state index is -0.514. The van der Waals surface area contributed by atoms with Crippen molar-refractivity contribution in [2.24, 2.45) is 0 Å². The molecule has 1 amide bonds. The van der Waals surface area contributed by atoms with Gasteiger partial charge in [0.25, 0.3) is 5.91 Å². The van der Waals surface area contributed by atoms with Crippen molar-refractivity contribution < 1.29 is 9.53 Å². The molecule has 2 aromatic carbocycles. The summed E-state index contributed by atoms with van der Waals surface area (Å²) in [5.41, 5.74) is 1.22. The molecule has 0 aliphatic heterocycles. The highest BCUT2D eigenvalue weighted by molar-refractivity contribution is 7.98. The van der Waals surface area contributed by atoms with E-state index in [2.05, 4.69) is 5.32 Å². The lowest BCUT2D eigenvalue weighted by Crippen LogP contribution is -2.39. The molecule has 1 unspecified atom stereocenters. The number of halogens is 2. The summed E-state index contributed by atoms with van der Waals surface area (Å²) in [4.78, 5) is 12.2. The summed E-state index contributed by atoms with van der Waals surface area (Å²) < 4.78 is 5.73. The molecule has 1 N–H and O–H groups in total. The van der Waals surface area contributed by atoms with Gasteiger partial charge in [-0.2, -0.15) is 11.8 Å². The van der Waals surface area contributed by atoms with Crippen LogP contribution in [0.15, 0.2) is 48.5 Å². The Hall–Kier alpha value is -1.36. The van der Waals surface area contributed by atoms with Crippen molar-refractivity contribution in [3.63, 3.8) is 0 Å². The third kappa shape index (κ3) is 7.18. The first-order valence-electron chi connectivity index (χ1n) is 8.10. The van der Waals surface area contributed by atoms with Gasteiger partial charge in [0.1, 0.15) is 5.75 Å². The standard InChI is InChI=1S/C19H21Cl2NO2S/c1-2-18(24-17-5-3-4-16(21)12-17)19(23)22-10-11-25-13-14-6-8-15(20)9-7-14/h3-9,12,18H,2,10-11,13H2,1H3,(H,22,23). The second-order valence-electron chi connectivity index (χ2n) is 5.44. The third-order valence-corrected chi connectivity index (χ3v) is 4.98. The Balaban J connectivity index is 1.69. The van der Waals surface area contributed by atoms with Crippen molar-refractivity contribution in [1.29, 1.82) is 0 Å². The molecule has 134 valence electrons. The molecule has 25 heavy (non-hydrogen) atoms. The van der Waals surface area contributed by atoms with E-state index in [4.69, 9.17) is 27.9 Å². The molecule has 0 saturated carbocycles. The summed E-state index contributed by atoms with van der Waals surface area (Å²) in [5.74, 6) is 2.23. The highest BCUT2D eigenvalue weighted by Crippen LogP contribution is 2.19. The summed E-state index contributed by atoms with van der Waals surface area (Å²) in [6.07, 6.45) is 0.0794. The van der Waals surface area contributed by atoms with Crippen molar-refractivity contribution in [3.05, 3.63) is 64.1 Å². The van der Waals surface area contributed by atoms with E-state index in [1.54, 1.807) is 36.0 Å². The molecule has 2 rings (SSSR count). The number of nitrogens with one attached hydrogen (secondary N) is 1. The fraction of sp³-hybridized carbons (Fsp3) is 0.316. The Labute approximate surface area is 163 Å². The summed E-state index contributed by atoms with van der Waals surface area (Å²) in [7, 11) is 0. The third-order valence-electron chi connectivity index (χ3n) is 3.47. The Morgan fingerprint density at radius 1 is 1.16 bits per heavy atom. The maximum Gasteiger partial charge on any atom is 0.261 e. The Morgan fingerprint density at radius 3 is 2.60 bits per heavy atom. The SMILES string of the molecule is CCC(Oc1cccc(Cl)c1)C(=O)NCCSCc1ccc(Cl)cc1. The van der Waals surface area contributed by atoms with Crippen LogP contribution in [0.5, 0.6) is 5.75 Å². The first-order chi connectivity index (χ1) is 12.1. The number of ether oxygens (including phenoxy) is 1. The highest BCUT2D eigenvalue weighted by Gasteiger charge is 2.17. The molecule has 0 fully saturated rings. The Kier molecular flexibility index (Phi) is 8.45. The number of carbonyl (C=O) groups is 1. The van der Waals surface area contributed by atoms with Crippen molar-refractivity contribution in [2.45, 2.75) is 25.2 Å². The van der Waals surface area contributed by atoms with Crippen LogP contribution in [-0.4, -0.2) is 24.3 Å². The van der Waals surface area contributed by atoms with E-state index in [1.165, 1.54) is 5.56 Å². The van der Waals surface area contributed by atoms with Crippen LogP contribution in [0.1, 0.15) is 18.9 Å². The number of carbonyl (C=O) groups excluding carboxylic acids is 1. The lowest BCUT2D eigenvalue weighted by atomic mass is 10.2. The van der Waals surface area contributed by atoms with Crippen molar-refractivity contribution in [1.82, 2.24) is 5.32 Å². The number of thioether (sulfide) groups is 1. The fourth-order valence-corrected chi connectivity index (χ4v) is 3.28. The van der Waals surface area contributed by atoms with Gasteiger partial charge in [-0.05, 0) is 42.3 Å². The molecule has 0 aliphatic carbocycles. The summed E-state index contributed by atoms with van der Waals surface area (Å²) in [6, 6.07) is 14.9. The maximum atomic E-state index is 12.2. The smallest absolute Gasteiger partial charge is 0.261 e. The molecule has 0 heterocycles. The van der Waals surface area contributed by atoms with Crippen LogP contribution in [0.3, 0.4) is 0 Å². The average Bonchev–Trinajstić information content (AvgIpc) is 2.61. The molecule has 0 radical (unpaired) electrons. The lowest BCUT2D eigenvalue weighted by Gasteiger charge is -2.17. The molecule has 0 saturated heterocycles. The normalized spacial score (nSPS) is 11.8. The lowest BCUT2D eigenvalue weighted by molar-refractivity contribution is -0.127. The van der Waals surface area contributed by atoms with Crippen LogP contribution in [0.4, 0.5) is 0 Å². The molecule has 0 aromatic heterocycles. The van der Waals surface area contributed by atoms with Gasteiger partial charge >= 0.3 is 0 Å². The van der Waals surface area contributed by atoms with Crippen LogP contribution in [0.2, 0.25) is 10.0 Å². The minimum Gasteiger partial charge on any atom is -0.481 e. The molecule has 0 bridgehead atoms. The Bertz CT molecular complexity index is 679. The van der Waals surface area contributed by atoms with E-state index in [1.807, 2.05) is 31.2 Å². The van der Waals surface area contributed by atoms with Crippen molar-refractivity contribution in [3.8, 4) is 5.75 Å². The molecule has 3 nitrogen and oxygen atoms in total. The van der Waals surface area contributed by atoms with Crippen LogP contribution in [0, 0.1) is 0 Å². The van der Waals surface area contributed by atoms with Crippen LogP contribution in [-0.2, 0) is 10.5 Å². The van der Waals surface area contributed by atoms with E-state index >= 15 is 0 Å². The van der Waals surface area contributed by atoms with Gasteiger partial charge in [-0.25, -0.2) is 0 Å². The molecular formula is C19H21Cl2NO2S. The molecule has 0 aliphatic rings. The predicted molar refractivity (Wildman–Crippen MR) is 107 cm³/mol. The number of benzene rings is 2. The zero-order valence-corrected chi connectivity index (χ0v) is 16.3. The largest absolute Gasteiger partial charge is 0.481 e. The van der Waals surface area contributed by atoms with Crippen LogP contribution < -0.4 is 10.1 Å². The molecular weight excluding hydrogens is 377 g/mol. The number of rotatable bonds is 9. The van der Waals surface area contributed by atoms with Gasteiger partial charge in [-0.1, -0.05) is 48.3 Å². The van der Waals surface area contributed by atoms with Gasteiger partial charge in [-0.15, -0.1) is 0 Å². The van der Waals surface area contributed by atoms with E-state index in [-0.39, 0.29) is 5.91 Å². The maximum absolute atomic E-state index is 12.2. The van der Waals surface area contributed by atoms with E-state index in [9.17, 15) is 4.79 Å². The summed E-state index contributed by atoms with van der Waals surface area (Å²) in [6.45, 7) is 2.52. The number of hydrogen-bond donors (Lipinski definition) is 1. The van der Waals surface area contributed by atoms with E-state index in [0.29, 0.717) is 23.7 Å².